The van der Waals surface area contributed by atoms with E-state index in [-0.39, 0.29) is 5.91 Å². The van der Waals surface area contributed by atoms with Crippen LogP contribution in [0.25, 0.3) is 0 Å². The number of hydrogen-bond donors (Lipinski definition) is 0. The van der Waals surface area contributed by atoms with E-state index in [0.29, 0.717) is 5.41 Å². The van der Waals surface area contributed by atoms with Crippen LogP contribution in [0.4, 0.5) is 0 Å². The SMILES string of the molecule is CCc1ccc(C(=O)N2CC3(CCN(C)CC3)C2)cc1. The third-order valence-corrected chi connectivity index (χ3v) is 5.00. The minimum absolute atomic E-state index is 0.206. The van der Waals surface area contributed by atoms with Gasteiger partial charge in [-0.2, -0.15) is 0 Å². The minimum Gasteiger partial charge on any atom is -0.337 e. The highest BCUT2D eigenvalue weighted by Crippen LogP contribution is 2.40. The average Bonchev–Trinajstić information content (AvgIpc) is 2.45. The Balaban J connectivity index is 1.60. The number of amides is 1. The minimum atomic E-state index is 0.206. The van der Waals surface area contributed by atoms with Gasteiger partial charge in [0.2, 0.25) is 0 Å². The number of hydrogen-bond acceptors (Lipinski definition) is 2. The molecule has 2 saturated heterocycles. The van der Waals surface area contributed by atoms with Crippen LogP contribution >= 0.6 is 0 Å². The lowest BCUT2D eigenvalue weighted by Gasteiger charge is -2.53. The van der Waals surface area contributed by atoms with E-state index < -0.39 is 0 Å². The molecule has 108 valence electrons. The summed E-state index contributed by atoms with van der Waals surface area (Å²) in [5, 5.41) is 0. The summed E-state index contributed by atoms with van der Waals surface area (Å²) < 4.78 is 0. The summed E-state index contributed by atoms with van der Waals surface area (Å²) in [5.41, 5.74) is 2.55. The van der Waals surface area contributed by atoms with Crippen molar-refractivity contribution < 1.29 is 4.79 Å². The number of rotatable bonds is 2. The lowest BCUT2D eigenvalue weighted by Crippen LogP contribution is -2.61. The molecule has 1 amide bonds. The van der Waals surface area contributed by atoms with Gasteiger partial charge >= 0.3 is 0 Å². The zero-order valence-electron chi connectivity index (χ0n) is 12.6. The molecule has 3 rings (SSSR count). The van der Waals surface area contributed by atoms with Crippen molar-refractivity contribution in [3.63, 3.8) is 0 Å². The third kappa shape index (κ3) is 2.47. The van der Waals surface area contributed by atoms with Gasteiger partial charge < -0.3 is 9.80 Å². The van der Waals surface area contributed by atoms with E-state index in [1.54, 1.807) is 0 Å². The molecule has 1 spiro atoms. The van der Waals surface area contributed by atoms with Crippen LogP contribution in [0.3, 0.4) is 0 Å². The Bertz CT molecular complexity index is 478. The molecule has 20 heavy (non-hydrogen) atoms. The van der Waals surface area contributed by atoms with Gasteiger partial charge in [0.15, 0.2) is 0 Å². The van der Waals surface area contributed by atoms with E-state index in [0.717, 1.165) is 25.1 Å². The van der Waals surface area contributed by atoms with Crippen molar-refractivity contribution in [2.45, 2.75) is 26.2 Å². The number of aryl methyl sites for hydroxylation is 1. The summed E-state index contributed by atoms with van der Waals surface area (Å²) in [7, 11) is 2.18. The lowest BCUT2D eigenvalue weighted by atomic mass is 9.72. The molecule has 0 unspecified atom stereocenters. The van der Waals surface area contributed by atoms with E-state index in [1.165, 1.54) is 31.5 Å². The largest absolute Gasteiger partial charge is 0.337 e. The van der Waals surface area contributed by atoms with Crippen LogP contribution in [0.15, 0.2) is 24.3 Å². The van der Waals surface area contributed by atoms with Crippen molar-refractivity contribution >= 4 is 5.91 Å². The molecule has 2 aliphatic rings. The first-order valence-corrected chi connectivity index (χ1v) is 7.69. The molecular weight excluding hydrogens is 248 g/mol. The van der Waals surface area contributed by atoms with Gasteiger partial charge in [-0.3, -0.25) is 4.79 Å². The van der Waals surface area contributed by atoms with Crippen LogP contribution in [0, 0.1) is 5.41 Å². The van der Waals surface area contributed by atoms with E-state index in [2.05, 4.69) is 31.0 Å². The van der Waals surface area contributed by atoms with Crippen molar-refractivity contribution in [1.29, 1.82) is 0 Å². The second kappa shape index (κ2) is 5.21. The average molecular weight is 272 g/mol. The molecule has 0 radical (unpaired) electrons. The number of carbonyl (C=O) groups excluding carboxylic acids is 1. The monoisotopic (exact) mass is 272 g/mol. The molecule has 2 heterocycles. The maximum Gasteiger partial charge on any atom is 0.253 e. The van der Waals surface area contributed by atoms with Crippen molar-refractivity contribution in [3.8, 4) is 0 Å². The highest BCUT2D eigenvalue weighted by atomic mass is 16.2. The maximum absolute atomic E-state index is 12.4. The topological polar surface area (TPSA) is 23.6 Å². The van der Waals surface area contributed by atoms with Crippen molar-refractivity contribution in [3.05, 3.63) is 35.4 Å². The van der Waals surface area contributed by atoms with Crippen molar-refractivity contribution in [1.82, 2.24) is 9.80 Å². The number of likely N-dealkylation sites (tertiary alicyclic amines) is 2. The Kier molecular flexibility index (Phi) is 3.55. The van der Waals surface area contributed by atoms with E-state index >= 15 is 0 Å². The zero-order chi connectivity index (χ0) is 14.2. The molecule has 3 heteroatoms. The van der Waals surface area contributed by atoms with Gasteiger partial charge in [0.1, 0.15) is 0 Å². The van der Waals surface area contributed by atoms with Gasteiger partial charge in [-0.25, -0.2) is 0 Å². The Labute approximate surface area is 121 Å². The van der Waals surface area contributed by atoms with Gasteiger partial charge in [0.05, 0.1) is 0 Å². The Morgan fingerprint density at radius 3 is 2.30 bits per heavy atom. The molecule has 1 aromatic carbocycles. The molecule has 3 nitrogen and oxygen atoms in total. The molecule has 2 aliphatic heterocycles. The Morgan fingerprint density at radius 1 is 1.15 bits per heavy atom. The fourth-order valence-electron chi connectivity index (χ4n) is 3.38. The standard InChI is InChI=1S/C17H24N2O/c1-3-14-4-6-15(7-5-14)16(20)19-12-17(13-19)8-10-18(2)11-9-17/h4-7H,3,8-13H2,1-2H3. The predicted molar refractivity (Wildman–Crippen MR) is 80.9 cm³/mol. The van der Waals surface area contributed by atoms with Gasteiger partial charge in [-0.15, -0.1) is 0 Å². The molecule has 0 atom stereocenters. The Morgan fingerprint density at radius 2 is 1.75 bits per heavy atom. The first-order chi connectivity index (χ1) is 9.62. The van der Waals surface area contributed by atoms with E-state index in [4.69, 9.17) is 0 Å². The fourth-order valence-corrected chi connectivity index (χ4v) is 3.38. The van der Waals surface area contributed by atoms with E-state index in [9.17, 15) is 4.79 Å². The molecule has 0 N–H and O–H groups in total. The summed E-state index contributed by atoms with van der Waals surface area (Å²) >= 11 is 0. The molecule has 0 aromatic heterocycles. The summed E-state index contributed by atoms with van der Waals surface area (Å²) in [6.45, 7) is 6.39. The molecule has 0 bridgehead atoms. The van der Waals surface area contributed by atoms with Gasteiger partial charge in [0.25, 0.3) is 5.91 Å². The lowest BCUT2D eigenvalue weighted by molar-refractivity contribution is -0.0283. The van der Waals surface area contributed by atoms with Crippen LogP contribution in [0.2, 0.25) is 0 Å². The predicted octanol–water partition coefficient (Wildman–Crippen LogP) is 2.42. The molecule has 1 aromatic rings. The summed E-state index contributed by atoms with van der Waals surface area (Å²) in [4.78, 5) is 16.8. The van der Waals surface area contributed by atoms with Gasteiger partial charge in [-0.1, -0.05) is 19.1 Å². The molecule has 2 fully saturated rings. The second-order valence-electron chi connectivity index (χ2n) is 6.51. The number of nitrogens with zero attached hydrogens (tertiary/aromatic N) is 2. The van der Waals surface area contributed by atoms with Crippen LogP contribution in [-0.4, -0.2) is 48.9 Å². The van der Waals surface area contributed by atoms with Crippen LogP contribution in [0.5, 0.6) is 0 Å². The van der Waals surface area contributed by atoms with Crippen LogP contribution in [-0.2, 0) is 6.42 Å². The highest BCUT2D eigenvalue weighted by molar-refractivity contribution is 5.94. The Hall–Kier alpha value is -1.35. The molecule has 0 aliphatic carbocycles. The summed E-state index contributed by atoms with van der Waals surface area (Å²) in [5.74, 6) is 0.206. The normalized spacial score (nSPS) is 21.8. The second-order valence-corrected chi connectivity index (χ2v) is 6.51. The van der Waals surface area contributed by atoms with Crippen molar-refractivity contribution in [2.75, 3.05) is 33.2 Å². The first kappa shape index (κ1) is 13.6. The number of piperidine rings is 1. The van der Waals surface area contributed by atoms with Gasteiger partial charge in [0, 0.05) is 24.1 Å². The van der Waals surface area contributed by atoms with Gasteiger partial charge in [-0.05, 0) is 57.1 Å². The first-order valence-electron chi connectivity index (χ1n) is 7.69. The third-order valence-electron chi connectivity index (χ3n) is 5.00. The van der Waals surface area contributed by atoms with Crippen molar-refractivity contribution in [2.24, 2.45) is 5.41 Å². The maximum atomic E-state index is 12.4. The highest BCUT2D eigenvalue weighted by Gasteiger charge is 2.46. The van der Waals surface area contributed by atoms with Crippen LogP contribution in [0.1, 0.15) is 35.7 Å². The summed E-state index contributed by atoms with van der Waals surface area (Å²) in [6.07, 6.45) is 3.50. The number of benzene rings is 1. The molecule has 0 saturated carbocycles. The smallest absolute Gasteiger partial charge is 0.253 e. The van der Waals surface area contributed by atoms with Crippen LogP contribution < -0.4 is 0 Å². The quantitative estimate of drug-likeness (QED) is 0.825. The van der Waals surface area contributed by atoms with E-state index in [1.807, 2.05) is 17.0 Å². The summed E-state index contributed by atoms with van der Waals surface area (Å²) in [6, 6.07) is 8.08. The fraction of sp³-hybridized carbons (Fsp3) is 0.588. The molecular formula is C17H24N2O. The zero-order valence-corrected chi connectivity index (χ0v) is 12.6. The number of carbonyl (C=O) groups is 1.